The van der Waals surface area contributed by atoms with Crippen LogP contribution in [0.5, 0.6) is 0 Å². The average molecular weight is 933 g/mol. The molecular weight excluding hydrogens is 829 g/mol. The van der Waals surface area contributed by atoms with Gasteiger partial charge in [0.05, 0.1) is 0 Å². The second-order valence-corrected chi connectivity index (χ2v) is 18.5. The van der Waals surface area contributed by atoms with Crippen molar-refractivity contribution in [1.82, 2.24) is 0 Å². The van der Waals surface area contributed by atoms with Gasteiger partial charge in [0.1, 0.15) is 13.2 Å². The fraction of sp³-hybridized carbons (Fsp3) is 0.721. The molecule has 0 heterocycles. The van der Waals surface area contributed by atoms with Crippen molar-refractivity contribution in [2.75, 3.05) is 13.2 Å². The largest absolute Gasteiger partial charge is 0.462 e. The summed E-state index contributed by atoms with van der Waals surface area (Å²) in [4.78, 5) is 38.1. The number of hydrogen-bond acceptors (Lipinski definition) is 6. The second-order valence-electron chi connectivity index (χ2n) is 18.5. The summed E-state index contributed by atoms with van der Waals surface area (Å²) in [5, 5.41) is 0. The van der Waals surface area contributed by atoms with Gasteiger partial charge in [-0.1, -0.05) is 221 Å². The molecule has 0 radical (unpaired) electrons. The maximum absolute atomic E-state index is 12.8. The Bertz CT molecular complexity index is 1300. The Kier molecular flexibility index (Phi) is 52.4. The number of carbonyl (C=O) groups is 3. The molecule has 0 N–H and O–H groups in total. The minimum Gasteiger partial charge on any atom is -0.462 e. The highest BCUT2D eigenvalue weighted by Crippen LogP contribution is 2.14. The molecule has 384 valence electrons. The first-order chi connectivity index (χ1) is 33.0. The van der Waals surface area contributed by atoms with Crippen molar-refractivity contribution in [1.29, 1.82) is 0 Å². The molecule has 0 fully saturated rings. The quantitative estimate of drug-likeness (QED) is 0.0262. The van der Waals surface area contributed by atoms with Gasteiger partial charge in [-0.25, -0.2) is 0 Å². The molecule has 0 rings (SSSR count). The standard InChI is InChI=1S/C61H104O6/c1-4-7-10-13-16-19-22-25-28-30-33-36-39-42-45-48-51-54-60(63)66-57-58(56-65-59(62)53-50-47-44-41-38-35-32-27-24-21-18-15-12-9-6-3)67-61(64)55-52-49-46-43-40-37-34-31-29-26-23-20-17-14-11-8-5-2/h7,10,16,19,21,24-26,28-29,33,36,42,45,58H,4-6,8-9,11-15,17-18,20,22-23,27,30-32,34-35,37-41,43-44,46-57H2,1-3H3/b10-7-,19-16-,24-21-,28-25-,29-26-,36-33-,45-42-/t58-/m0/s1. The van der Waals surface area contributed by atoms with Crippen molar-refractivity contribution in [3.8, 4) is 0 Å². The van der Waals surface area contributed by atoms with Gasteiger partial charge in [0.15, 0.2) is 6.10 Å². The Balaban J connectivity index is 4.48. The van der Waals surface area contributed by atoms with Crippen molar-refractivity contribution in [2.45, 2.75) is 271 Å². The SMILES string of the molecule is CC/C=C\C/C=C\C/C=C\C/C=C\C/C=C\CCCC(=O)OC[C@H](COC(=O)CCCCCCCCC/C=C\CCCCCC)OC(=O)CCCCCCCCC/C=C\CCCCCCCC. The predicted molar refractivity (Wildman–Crippen MR) is 288 cm³/mol. The minimum absolute atomic E-state index is 0.0979. The lowest BCUT2D eigenvalue weighted by molar-refractivity contribution is -0.167. The van der Waals surface area contributed by atoms with Crippen molar-refractivity contribution >= 4 is 17.9 Å². The van der Waals surface area contributed by atoms with Crippen LogP contribution in [0.4, 0.5) is 0 Å². The summed E-state index contributed by atoms with van der Waals surface area (Å²) >= 11 is 0. The van der Waals surface area contributed by atoms with E-state index in [-0.39, 0.29) is 37.5 Å². The summed E-state index contributed by atoms with van der Waals surface area (Å²) < 4.78 is 16.8. The van der Waals surface area contributed by atoms with Crippen molar-refractivity contribution in [2.24, 2.45) is 0 Å². The van der Waals surface area contributed by atoms with Crippen molar-refractivity contribution < 1.29 is 28.6 Å². The predicted octanol–water partition coefficient (Wildman–Crippen LogP) is 18.8. The highest BCUT2D eigenvalue weighted by Gasteiger charge is 2.19. The molecule has 0 bridgehead atoms. The molecule has 6 nitrogen and oxygen atoms in total. The number of ether oxygens (including phenoxy) is 3. The zero-order valence-corrected chi connectivity index (χ0v) is 43.9. The topological polar surface area (TPSA) is 78.9 Å². The van der Waals surface area contributed by atoms with Gasteiger partial charge < -0.3 is 14.2 Å². The summed E-state index contributed by atoms with van der Waals surface area (Å²) in [6.45, 7) is 6.46. The number of unbranched alkanes of at least 4 members (excludes halogenated alkanes) is 25. The maximum Gasteiger partial charge on any atom is 0.306 e. The van der Waals surface area contributed by atoms with E-state index in [1.54, 1.807) is 0 Å². The van der Waals surface area contributed by atoms with E-state index in [9.17, 15) is 14.4 Å². The third-order valence-electron chi connectivity index (χ3n) is 11.9. The zero-order valence-electron chi connectivity index (χ0n) is 43.9. The lowest BCUT2D eigenvalue weighted by Gasteiger charge is -2.18. The molecular formula is C61H104O6. The average Bonchev–Trinajstić information content (AvgIpc) is 3.33. The molecule has 67 heavy (non-hydrogen) atoms. The summed E-state index contributed by atoms with van der Waals surface area (Å²) in [7, 11) is 0. The van der Waals surface area contributed by atoms with Gasteiger partial charge >= 0.3 is 17.9 Å². The molecule has 0 aliphatic heterocycles. The zero-order chi connectivity index (χ0) is 48.6. The van der Waals surface area contributed by atoms with E-state index in [0.29, 0.717) is 19.3 Å². The Morgan fingerprint density at radius 2 is 0.597 bits per heavy atom. The Labute approximate surface area is 414 Å². The number of hydrogen-bond donors (Lipinski definition) is 0. The van der Waals surface area contributed by atoms with Gasteiger partial charge in [-0.15, -0.1) is 0 Å². The number of allylic oxidation sites excluding steroid dienone is 14. The van der Waals surface area contributed by atoms with Crippen LogP contribution in [-0.4, -0.2) is 37.2 Å². The van der Waals surface area contributed by atoms with E-state index in [1.165, 1.54) is 141 Å². The molecule has 0 aromatic carbocycles. The number of rotatable bonds is 50. The van der Waals surface area contributed by atoms with Gasteiger partial charge in [0.25, 0.3) is 0 Å². The van der Waals surface area contributed by atoms with Crippen molar-refractivity contribution in [3.05, 3.63) is 85.1 Å². The molecule has 0 aromatic heterocycles. The first-order valence-electron chi connectivity index (χ1n) is 28.1. The van der Waals surface area contributed by atoms with Crippen LogP contribution in [0.15, 0.2) is 85.1 Å². The van der Waals surface area contributed by atoms with E-state index >= 15 is 0 Å². The smallest absolute Gasteiger partial charge is 0.306 e. The molecule has 0 saturated heterocycles. The molecule has 0 aliphatic rings. The molecule has 0 saturated carbocycles. The fourth-order valence-corrected chi connectivity index (χ4v) is 7.64. The van der Waals surface area contributed by atoms with Crippen LogP contribution in [0.1, 0.15) is 265 Å². The highest BCUT2D eigenvalue weighted by atomic mass is 16.6. The molecule has 0 aromatic rings. The van der Waals surface area contributed by atoms with Crippen LogP contribution in [0.2, 0.25) is 0 Å². The van der Waals surface area contributed by atoms with Crippen LogP contribution in [0.25, 0.3) is 0 Å². The van der Waals surface area contributed by atoms with E-state index in [2.05, 4.69) is 106 Å². The Morgan fingerprint density at radius 3 is 1.00 bits per heavy atom. The minimum atomic E-state index is -0.804. The fourth-order valence-electron chi connectivity index (χ4n) is 7.64. The van der Waals surface area contributed by atoms with Gasteiger partial charge in [0, 0.05) is 19.3 Å². The van der Waals surface area contributed by atoms with Crippen LogP contribution in [0, 0.1) is 0 Å². The maximum atomic E-state index is 12.8. The third-order valence-corrected chi connectivity index (χ3v) is 11.9. The van der Waals surface area contributed by atoms with Crippen LogP contribution < -0.4 is 0 Å². The molecule has 6 heteroatoms. The van der Waals surface area contributed by atoms with Crippen LogP contribution in [-0.2, 0) is 28.6 Å². The number of carbonyl (C=O) groups excluding carboxylic acids is 3. The Hall–Kier alpha value is -3.41. The second kappa shape index (κ2) is 55.2. The van der Waals surface area contributed by atoms with E-state index < -0.39 is 6.10 Å². The van der Waals surface area contributed by atoms with Gasteiger partial charge in [-0.05, 0) is 109 Å². The first-order valence-corrected chi connectivity index (χ1v) is 28.1. The normalized spacial score (nSPS) is 12.7. The summed E-state index contributed by atoms with van der Waals surface area (Å²) in [5.41, 5.74) is 0. The van der Waals surface area contributed by atoms with Crippen LogP contribution in [0.3, 0.4) is 0 Å². The van der Waals surface area contributed by atoms with E-state index in [4.69, 9.17) is 14.2 Å². The van der Waals surface area contributed by atoms with E-state index in [0.717, 1.165) is 77.0 Å². The lowest BCUT2D eigenvalue weighted by Crippen LogP contribution is -2.30. The third kappa shape index (κ3) is 53.4. The van der Waals surface area contributed by atoms with Gasteiger partial charge in [-0.3, -0.25) is 14.4 Å². The van der Waals surface area contributed by atoms with Gasteiger partial charge in [0.2, 0.25) is 0 Å². The van der Waals surface area contributed by atoms with E-state index in [1.807, 2.05) is 0 Å². The molecule has 0 amide bonds. The molecule has 0 spiro atoms. The monoisotopic (exact) mass is 933 g/mol. The first kappa shape index (κ1) is 63.6. The summed E-state index contributed by atoms with van der Waals surface area (Å²) in [6.07, 6.45) is 71.4. The molecule has 1 atom stereocenters. The van der Waals surface area contributed by atoms with Crippen LogP contribution >= 0.6 is 0 Å². The highest BCUT2D eigenvalue weighted by molar-refractivity contribution is 5.71. The molecule has 0 unspecified atom stereocenters. The number of esters is 3. The van der Waals surface area contributed by atoms with Crippen molar-refractivity contribution in [3.63, 3.8) is 0 Å². The Morgan fingerprint density at radius 1 is 0.313 bits per heavy atom. The van der Waals surface area contributed by atoms with Gasteiger partial charge in [-0.2, -0.15) is 0 Å². The summed E-state index contributed by atoms with van der Waals surface area (Å²) in [6, 6.07) is 0. The summed E-state index contributed by atoms with van der Waals surface area (Å²) in [5.74, 6) is -0.963. The molecule has 0 aliphatic carbocycles. The lowest BCUT2D eigenvalue weighted by atomic mass is 10.1.